The predicted octanol–water partition coefficient (Wildman–Crippen LogP) is 3.66. The van der Waals surface area contributed by atoms with Crippen molar-refractivity contribution in [1.82, 2.24) is 25.0 Å². The molecular formula is C24H22N7O6-. The van der Waals surface area contributed by atoms with E-state index in [1.165, 1.54) is 12.1 Å². The summed E-state index contributed by atoms with van der Waals surface area (Å²) in [5.41, 5.74) is 2.89. The van der Waals surface area contributed by atoms with E-state index in [2.05, 4.69) is 25.4 Å². The van der Waals surface area contributed by atoms with Crippen LogP contribution in [0.4, 0.5) is 16.2 Å². The lowest BCUT2D eigenvalue weighted by atomic mass is 10.0. The molecule has 0 aliphatic carbocycles. The van der Waals surface area contributed by atoms with Crippen LogP contribution >= 0.6 is 0 Å². The van der Waals surface area contributed by atoms with Crippen molar-refractivity contribution in [2.24, 2.45) is 0 Å². The summed E-state index contributed by atoms with van der Waals surface area (Å²) in [5, 5.41) is 27.0. The zero-order valence-corrected chi connectivity index (χ0v) is 19.6. The molecular weight excluding hydrogens is 482 g/mol. The number of aromatic nitrogens is 4. The van der Waals surface area contributed by atoms with E-state index in [1.54, 1.807) is 54.5 Å². The van der Waals surface area contributed by atoms with Gasteiger partial charge in [0.15, 0.2) is 0 Å². The zero-order valence-electron chi connectivity index (χ0n) is 19.6. The number of aromatic amines is 1. The van der Waals surface area contributed by atoms with Crippen LogP contribution in [-0.4, -0.2) is 48.8 Å². The molecule has 1 aliphatic rings. The Morgan fingerprint density at radius 2 is 2.11 bits per heavy atom. The van der Waals surface area contributed by atoms with Gasteiger partial charge in [-0.15, -0.1) is 0 Å². The van der Waals surface area contributed by atoms with E-state index < -0.39 is 18.0 Å². The van der Waals surface area contributed by atoms with Crippen molar-refractivity contribution < 1.29 is 24.1 Å². The quantitative estimate of drug-likeness (QED) is 0.260. The first-order valence-corrected chi connectivity index (χ1v) is 11.4. The van der Waals surface area contributed by atoms with Crippen LogP contribution in [0.5, 0.6) is 0 Å². The number of carbonyl (C=O) groups excluding carboxylic acids is 2. The lowest BCUT2D eigenvalue weighted by molar-refractivity contribution is 0.0526. The van der Waals surface area contributed by atoms with Crippen molar-refractivity contribution in [3.8, 4) is 11.4 Å². The number of ether oxygens (including phenoxy) is 1. The molecule has 0 spiro atoms. The first kappa shape index (κ1) is 24.0. The molecule has 3 heterocycles. The Morgan fingerprint density at radius 3 is 2.86 bits per heavy atom. The maximum absolute atomic E-state index is 13.3. The van der Waals surface area contributed by atoms with Gasteiger partial charge >= 0.3 is 12.0 Å². The van der Waals surface area contributed by atoms with Crippen molar-refractivity contribution in [3.05, 3.63) is 82.9 Å². The zero-order chi connectivity index (χ0) is 25.9. The van der Waals surface area contributed by atoms with Gasteiger partial charge in [-0.2, -0.15) is 4.98 Å². The fourth-order valence-electron chi connectivity index (χ4n) is 4.02. The van der Waals surface area contributed by atoms with E-state index >= 15 is 0 Å². The number of esters is 1. The third-order valence-electron chi connectivity index (χ3n) is 5.86. The highest BCUT2D eigenvalue weighted by atomic mass is 16.8. The summed E-state index contributed by atoms with van der Waals surface area (Å²) in [4.78, 5) is 38.6. The van der Waals surface area contributed by atoms with Gasteiger partial charge in [0.1, 0.15) is 6.04 Å². The predicted molar refractivity (Wildman–Crippen MR) is 129 cm³/mol. The smallest absolute Gasteiger partial charge is 0.338 e. The normalized spacial score (nSPS) is 14.7. The van der Waals surface area contributed by atoms with Gasteiger partial charge in [0.05, 0.1) is 42.1 Å². The number of benzene rings is 2. The summed E-state index contributed by atoms with van der Waals surface area (Å²) < 4.78 is 10.5. The van der Waals surface area contributed by atoms with Crippen LogP contribution in [0.15, 0.2) is 59.4 Å². The van der Waals surface area contributed by atoms with Crippen LogP contribution in [0.2, 0.25) is 0 Å². The van der Waals surface area contributed by atoms with Crippen LogP contribution in [0, 0.1) is 5.21 Å². The van der Waals surface area contributed by atoms with Gasteiger partial charge < -0.3 is 34.9 Å². The van der Waals surface area contributed by atoms with Gasteiger partial charge in [-0.3, -0.25) is 5.21 Å². The van der Waals surface area contributed by atoms with E-state index in [4.69, 9.17) is 9.26 Å². The van der Waals surface area contributed by atoms with E-state index in [1.807, 2.05) is 0 Å². The number of fused-ring (bicyclic) bond motifs is 1. The van der Waals surface area contributed by atoms with Crippen molar-refractivity contribution in [1.29, 1.82) is 0 Å². The minimum Gasteiger partial charge on any atom is -0.733 e. The van der Waals surface area contributed by atoms with Gasteiger partial charge in [0.25, 0.3) is 0 Å². The summed E-state index contributed by atoms with van der Waals surface area (Å²) >= 11 is 0. The molecule has 13 heteroatoms. The molecule has 37 heavy (non-hydrogen) atoms. The summed E-state index contributed by atoms with van der Waals surface area (Å²) in [5.74, 6) is -0.0609. The summed E-state index contributed by atoms with van der Waals surface area (Å²) in [7, 11) is 0. The first-order valence-electron chi connectivity index (χ1n) is 11.4. The summed E-state index contributed by atoms with van der Waals surface area (Å²) in [6.07, 6.45) is 1.90. The molecule has 0 saturated heterocycles. The SMILES string of the molecule is CCOC(=O)c1ccc(NC(=O)N2Cc3[nH]cnc3CC2c2nc(-c3cccc(N([O-])O)c3)no2)cc1. The Bertz CT molecular complexity index is 1410. The monoisotopic (exact) mass is 504 g/mol. The maximum atomic E-state index is 13.3. The number of hydrogen-bond donors (Lipinski definition) is 3. The van der Waals surface area contributed by atoms with Gasteiger partial charge in [0.2, 0.25) is 11.7 Å². The number of rotatable bonds is 6. The number of imidazole rings is 1. The Labute approximate surface area is 210 Å². The topological polar surface area (TPSA) is 173 Å². The van der Waals surface area contributed by atoms with Crippen LogP contribution in [0.3, 0.4) is 0 Å². The number of anilines is 2. The number of hydrogen-bond acceptors (Lipinski definition) is 10. The van der Waals surface area contributed by atoms with Gasteiger partial charge in [-0.25, -0.2) is 14.6 Å². The second kappa shape index (κ2) is 10.1. The van der Waals surface area contributed by atoms with Crippen molar-refractivity contribution in [2.75, 3.05) is 17.2 Å². The summed E-state index contributed by atoms with van der Waals surface area (Å²) in [6, 6.07) is 11.4. The molecule has 1 aliphatic heterocycles. The number of amides is 2. The number of H-pyrrole nitrogens is 1. The molecule has 5 rings (SSSR count). The lowest BCUT2D eigenvalue weighted by Gasteiger charge is -2.32. The van der Waals surface area contributed by atoms with Crippen LogP contribution in [0.25, 0.3) is 11.4 Å². The third kappa shape index (κ3) is 4.98. The van der Waals surface area contributed by atoms with E-state index in [0.29, 0.717) is 23.2 Å². The highest BCUT2D eigenvalue weighted by Gasteiger charge is 2.36. The Hall–Kier alpha value is -4.75. The first-order chi connectivity index (χ1) is 17.9. The van der Waals surface area contributed by atoms with Gasteiger partial charge in [-0.05, 0) is 43.3 Å². The van der Waals surface area contributed by atoms with Gasteiger partial charge in [-0.1, -0.05) is 17.3 Å². The average molecular weight is 504 g/mol. The molecule has 190 valence electrons. The fourth-order valence-corrected chi connectivity index (χ4v) is 4.02. The Kier molecular flexibility index (Phi) is 6.53. The average Bonchev–Trinajstić information content (AvgIpc) is 3.58. The van der Waals surface area contributed by atoms with Crippen LogP contribution in [0.1, 0.15) is 40.6 Å². The van der Waals surface area contributed by atoms with E-state index in [0.717, 1.165) is 11.4 Å². The summed E-state index contributed by atoms with van der Waals surface area (Å²) in [6.45, 7) is 2.21. The molecule has 2 aromatic heterocycles. The fraction of sp³-hybridized carbons (Fsp3) is 0.208. The molecule has 0 bridgehead atoms. The molecule has 1 unspecified atom stereocenters. The van der Waals surface area contributed by atoms with E-state index in [-0.39, 0.29) is 35.8 Å². The second-order valence-electron chi connectivity index (χ2n) is 8.18. The van der Waals surface area contributed by atoms with Crippen LogP contribution in [-0.2, 0) is 17.7 Å². The lowest BCUT2D eigenvalue weighted by Crippen LogP contribution is -2.41. The number of carbonyl (C=O) groups is 2. The molecule has 3 N–H and O–H groups in total. The molecule has 2 amide bonds. The molecule has 13 nitrogen and oxygen atoms in total. The molecule has 4 aromatic rings. The molecule has 0 radical (unpaired) electrons. The molecule has 0 saturated carbocycles. The minimum absolute atomic E-state index is 0.0117. The largest absolute Gasteiger partial charge is 0.733 e. The highest BCUT2D eigenvalue weighted by molar-refractivity contribution is 5.92. The second-order valence-corrected chi connectivity index (χ2v) is 8.18. The molecule has 2 aromatic carbocycles. The maximum Gasteiger partial charge on any atom is 0.338 e. The molecule has 1 atom stereocenters. The highest BCUT2D eigenvalue weighted by Crippen LogP contribution is 2.33. The van der Waals surface area contributed by atoms with Crippen molar-refractivity contribution in [3.63, 3.8) is 0 Å². The Morgan fingerprint density at radius 1 is 1.30 bits per heavy atom. The minimum atomic E-state index is -0.618. The van der Waals surface area contributed by atoms with E-state index in [9.17, 15) is 20.0 Å². The number of urea groups is 1. The van der Waals surface area contributed by atoms with Crippen molar-refractivity contribution in [2.45, 2.75) is 25.9 Å². The standard InChI is InChI=1S/C24H22N7O6/c1-2-36-23(32)14-6-8-16(9-7-14)27-24(33)30-12-19-18(25-13-26-19)11-20(30)22-28-21(29-37-22)15-4-3-5-17(10-15)31(34)35/h3-10,13,20,34H,2,11-12H2,1H3,(H,25,26)(H,27,33)/q-1. The number of nitrogens with zero attached hydrogens (tertiary/aromatic N) is 5. The number of nitrogens with one attached hydrogen (secondary N) is 2. The van der Waals surface area contributed by atoms with Gasteiger partial charge in [0, 0.05) is 17.7 Å². The third-order valence-corrected chi connectivity index (χ3v) is 5.86. The Balaban J connectivity index is 1.39. The van der Waals surface area contributed by atoms with Crippen molar-refractivity contribution >= 4 is 23.4 Å². The molecule has 0 fully saturated rings. The van der Waals surface area contributed by atoms with Crippen LogP contribution < -0.4 is 10.5 Å².